The van der Waals surface area contributed by atoms with Gasteiger partial charge in [-0.05, 0) is 35.9 Å². The average Bonchev–Trinajstić information content (AvgIpc) is 2.45. The van der Waals surface area contributed by atoms with Crippen molar-refractivity contribution in [3.63, 3.8) is 0 Å². The molecule has 2 rings (SSSR count). The zero-order valence-corrected chi connectivity index (χ0v) is 11.8. The SMILES string of the molecule is NC(=O)/C=C\c1cccc(OCc2ccc(F)cc2Cl)c1. The van der Waals surface area contributed by atoms with Crippen molar-refractivity contribution >= 4 is 23.6 Å². The van der Waals surface area contributed by atoms with Gasteiger partial charge in [0.05, 0.1) is 5.02 Å². The third kappa shape index (κ3) is 4.61. The topological polar surface area (TPSA) is 52.3 Å². The molecule has 0 fully saturated rings. The molecule has 0 saturated heterocycles. The summed E-state index contributed by atoms with van der Waals surface area (Å²) in [6, 6.07) is 11.3. The number of carbonyl (C=O) groups excluding carboxylic acids is 1. The summed E-state index contributed by atoms with van der Waals surface area (Å²) in [6.07, 6.45) is 2.87. The minimum absolute atomic E-state index is 0.224. The van der Waals surface area contributed by atoms with Gasteiger partial charge in [0.15, 0.2) is 0 Å². The summed E-state index contributed by atoms with van der Waals surface area (Å²) in [4.78, 5) is 10.7. The van der Waals surface area contributed by atoms with Crippen LogP contribution in [0.1, 0.15) is 11.1 Å². The molecular formula is C16H13ClFNO2. The molecule has 5 heteroatoms. The first-order chi connectivity index (χ1) is 10.0. The number of ether oxygens (including phenoxy) is 1. The summed E-state index contributed by atoms with van der Waals surface area (Å²) in [5.41, 5.74) is 6.52. The van der Waals surface area contributed by atoms with E-state index >= 15 is 0 Å². The van der Waals surface area contributed by atoms with E-state index in [0.29, 0.717) is 16.3 Å². The summed E-state index contributed by atoms with van der Waals surface area (Å²) in [6.45, 7) is 0.224. The van der Waals surface area contributed by atoms with Crippen LogP contribution < -0.4 is 10.5 Å². The van der Waals surface area contributed by atoms with Crippen molar-refractivity contribution in [2.24, 2.45) is 5.73 Å². The molecule has 108 valence electrons. The van der Waals surface area contributed by atoms with Crippen LogP contribution in [0.5, 0.6) is 5.75 Å². The molecule has 0 radical (unpaired) electrons. The molecular weight excluding hydrogens is 293 g/mol. The molecule has 1 amide bonds. The highest BCUT2D eigenvalue weighted by molar-refractivity contribution is 6.31. The molecule has 2 N–H and O–H groups in total. The van der Waals surface area contributed by atoms with E-state index in [1.54, 1.807) is 30.3 Å². The van der Waals surface area contributed by atoms with Gasteiger partial charge in [0.1, 0.15) is 18.2 Å². The van der Waals surface area contributed by atoms with Crippen molar-refractivity contribution < 1.29 is 13.9 Å². The maximum Gasteiger partial charge on any atom is 0.241 e. The molecule has 0 spiro atoms. The van der Waals surface area contributed by atoms with E-state index in [1.807, 2.05) is 6.07 Å². The van der Waals surface area contributed by atoms with Crippen LogP contribution in [0.3, 0.4) is 0 Å². The fraction of sp³-hybridized carbons (Fsp3) is 0.0625. The first kappa shape index (κ1) is 15.1. The van der Waals surface area contributed by atoms with E-state index in [0.717, 1.165) is 5.56 Å². The van der Waals surface area contributed by atoms with Gasteiger partial charge in [-0.25, -0.2) is 4.39 Å². The predicted molar refractivity (Wildman–Crippen MR) is 80.4 cm³/mol. The Bertz CT molecular complexity index is 686. The van der Waals surface area contributed by atoms with Crippen molar-refractivity contribution in [3.05, 3.63) is 70.5 Å². The van der Waals surface area contributed by atoms with Crippen LogP contribution in [-0.2, 0) is 11.4 Å². The Kier molecular flexibility index (Phi) is 4.95. The molecule has 0 saturated carbocycles. The molecule has 2 aromatic carbocycles. The minimum Gasteiger partial charge on any atom is -0.489 e. The van der Waals surface area contributed by atoms with Crippen molar-refractivity contribution in [3.8, 4) is 5.75 Å². The van der Waals surface area contributed by atoms with Gasteiger partial charge in [0.25, 0.3) is 0 Å². The smallest absolute Gasteiger partial charge is 0.241 e. The van der Waals surface area contributed by atoms with Crippen molar-refractivity contribution in [2.75, 3.05) is 0 Å². The lowest BCUT2D eigenvalue weighted by Gasteiger charge is -2.08. The first-order valence-corrected chi connectivity index (χ1v) is 6.57. The highest BCUT2D eigenvalue weighted by atomic mass is 35.5. The second-order valence-corrected chi connectivity index (χ2v) is 4.74. The van der Waals surface area contributed by atoms with Gasteiger partial charge in [0, 0.05) is 11.6 Å². The van der Waals surface area contributed by atoms with E-state index in [4.69, 9.17) is 22.1 Å². The summed E-state index contributed by atoms with van der Waals surface area (Å²) >= 11 is 5.93. The summed E-state index contributed by atoms with van der Waals surface area (Å²) in [5.74, 6) is -0.288. The number of benzene rings is 2. The Morgan fingerprint density at radius 3 is 2.81 bits per heavy atom. The molecule has 0 aromatic heterocycles. The van der Waals surface area contributed by atoms with E-state index in [-0.39, 0.29) is 12.4 Å². The van der Waals surface area contributed by atoms with Crippen LogP contribution >= 0.6 is 11.6 Å². The second-order valence-electron chi connectivity index (χ2n) is 4.33. The van der Waals surface area contributed by atoms with E-state index in [9.17, 15) is 9.18 Å². The Morgan fingerprint density at radius 2 is 2.10 bits per heavy atom. The molecule has 0 aliphatic rings. The van der Waals surface area contributed by atoms with E-state index in [1.165, 1.54) is 18.2 Å². The fourth-order valence-electron chi connectivity index (χ4n) is 1.69. The third-order valence-electron chi connectivity index (χ3n) is 2.71. The van der Waals surface area contributed by atoms with E-state index < -0.39 is 5.91 Å². The lowest BCUT2D eigenvalue weighted by molar-refractivity contribution is -0.113. The number of carbonyl (C=O) groups is 1. The average molecular weight is 306 g/mol. The molecule has 0 aliphatic carbocycles. The zero-order chi connectivity index (χ0) is 15.2. The Morgan fingerprint density at radius 1 is 1.29 bits per heavy atom. The number of hydrogen-bond acceptors (Lipinski definition) is 2. The van der Waals surface area contributed by atoms with Gasteiger partial charge < -0.3 is 10.5 Å². The number of primary amides is 1. The highest BCUT2D eigenvalue weighted by Gasteiger charge is 2.03. The lowest BCUT2D eigenvalue weighted by Crippen LogP contribution is -2.05. The van der Waals surface area contributed by atoms with Crippen LogP contribution in [0, 0.1) is 5.82 Å². The Hall–Kier alpha value is -2.33. The first-order valence-electron chi connectivity index (χ1n) is 6.19. The van der Waals surface area contributed by atoms with Gasteiger partial charge in [0.2, 0.25) is 5.91 Å². The third-order valence-corrected chi connectivity index (χ3v) is 3.06. The second kappa shape index (κ2) is 6.90. The number of rotatable bonds is 5. The monoisotopic (exact) mass is 305 g/mol. The summed E-state index contributed by atoms with van der Waals surface area (Å²) in [5, 5.41) is 0.319. The number of nitrogens with two attached hydrogens (primary N) is 1. The molecule has 2 aromatic rings. The maximum absolute atomic E-state index is 12.9. The lowest BCUT2D eigenvalue weighted by atomic mass is 10.2. The molecule has 21 heavy (non-hydrogen) atoms. The minimum atomic E-state index is -0.514. The van der Waals surface area contributed by atoms with Crippen molar-refractivity contribution in [2.45, 2.75) is 6.61 Å². The molecule has 0 unspecified atom stereocenters. The standard InChI is InChI=1S/C16H13ClFNO2/c17-15-9-13(18)6-5-12(15)10-21-14-3-1-2-11(8-14)4-7-16(19)20/h1-9H,10H2,(H2,19,20)/b7-4-. The molecule has 0 heterocycles. The molecule has 0 aliphatic heterocycles. The summed E-state index contributed by atoms with van der Waals surface area (Å²) in [7, 11) is 0. The van der Waals surface area contributed by atoms with Crippen LogP contribution in [0.2, 0.25) is 5.02 Å². The van der Waals surface area contributed by atoms with Gasteiger partial charge in [-0.1, -0.05) is 29.8 Å². The van der Waals surface area contributed by atoms with Gasteiger partial charge in [-0.3, -0.25) is 4.79 Å². The van der Waals surface area contributed by atoms with Crippen molar-refractivity contribution in [1.82, 2.24) is 0 Å². The van der Waals surface area contributed by atoms with Gasteiger partial charge in [-0.2, -0.15) is 0 Å². The molecule has 0 atom stereocenters. The van der Waals surface area contributed by atoms with Crippen molar-refractivity contribution in [1.29, 1.82) is 0 Å². The number of hydrogen-bond donors (Lipinski definition) is 1. The zero-order valence-electron chi connectivity index (χ0n) is 11.1. The Balaban J connectivity index is 2.06. The summed E-state index contributed by atoms with van der Waals surface area (Å²) < 4.78 is 18.5. The predicted octanol–water partition coefficient (Wildman–Crippen LogP) is 3.56. The normalized spacial score (nSPS) is 10.8. The van der Waals surface area contributed by atoms with Crippen LogP contribution in [0.4, 0.5) is 4.39 Å². The fourth-order valence-corrected chi connectivity index (χ4v) is 1.91. The number of amides is 1. The molecule has 0 bridgehead atoms. The van der Waals surface area contributed by atoms with Crippen LogP contribution in [0.25, 0.3) is 6.08 Å². The largest absolute Gasteiger partial charge is 0.489 e. The highest BCUT2D eigenvalue weighted by Crippen LogP contribution is 2.21. The van der Waals surface area contributed by atoms with E-state index in [2.05, 4.69) is 0 Å². The molecule has 3 nitrogen and oxygen atoms in total. The Labute approximate surface area is 126 Å². The maximum atomic E-state index is 12.9. The van der Waals surface area contributed by atoms with Crippen LogP contribution in [-0.4, -0.2) is 5.91 Å². The van der Waals surface area contributed by atoms with Gasteiger partial charge >= 0.3 is 0 Å². The number of halogens is 2. The van der Waals surface area contributed by atoms with Crippen LogP contribution in [0.15, 0.2) is 48.5 Å². The quantitative estimate of drug-likeness (QED) is 0.859. The van der Waals surface area contributed by atoms with Gasteiger partial charge in [-0.15, -0.1) is 0 Å².